The van der Waals surface area contributed by atoms with Gasteiger partial charge in [-0.05, 0) is 55.3 Å². The third kappa shape index (κ3) is 4.28. The molecular weight excluding hydrogens is 405 g/mol. The van der Waals surface area contributed by atoms with Gasteiger partial charge in [0.2, 0.25) is 11.8 Å². The van der Waals surface area contributed by atoms with Crippen LogP contribution in [0.3, 0.4) is 0 Å². The van der Waals surface area contributed by atoms with Gasteiger partial charge in [-0.2, -0.15) is 0 Å². The molecule has 0 aromatic heterocycles. The Kier molecular flexibility index (Phi) is 5.94. The van der Waals surface area contributed by atoms with E-state index in [1.807, 2.05) is 37.1 Å². The number of benzene rings is 2. The maximum atomic E-state index is 13.3. The molecule has 3 unspecified atom stereocenters. The summed E-state index contributed by atoms with van der Waals surface area (Å²) in [6.45, 7) is 4.45. The molecule has 2 aromatic rings. The zero-order valence-corrected chi connectivity index (χ0v) is 17.6. The molecule has 2 amide bonds. The van der Waals surface area contributed by atoms with E-state index in [0.29, 0.717) is 6.54 Å². The van der Waals surface area contributed by atoms with Crippen LogP contribution in [0.1, 0.15) is 11.1 Å². The first-order valence-corrected chi connectivity index (χ1v) is 10.8. The molecule has 2 saturated heterocycles. The van der Waals surface area contributed by atoms with E-state index in [-0.39, 0.29) is 35.5 Å². The number of anilines is 2. The van der Waals surface area contributed by atoms with Crippen LogP contribution in [0.25, 0.3) is 0 Å². The molecule has 2 aliphatic rings. The summed E-state index contributed by atoms with van der Waals surface area (Å²) in [5, 5.41) is 11.1. The summed E-state index contributed by atoms with van der Waals surface area (Å²) in [6, 6.07) is 11.9. The second-order valence-electron chi connectivity index (χ2n) is 7.42. The predicted octanol–water partition coefficient (Wildman–Crippen LogP) is 2.08. The minimum atomic E-state index is -0.411. The molecule has 9 heteroatoms. The van der Waals surface area contributed by atoms with Gasteiger partial charge in [-0.25, -0.2) is 9.82 Å². The second kappa shape index (κ2) is 8.63. The van der Waals surface area contributed by atoms with Gasteiger partial charge in [0, 0.05) is 12.2 Å². The fraction of sp³-hybridized carbons (Fsp3) is 0.333. The van der Waals surface area contributed by atoms with Crippen LogP contribution in [0, 0.1) is 25.6 Å². The lowest BCUT2D eigenvalue weighted by molar-refractivity contribution is -0.127. The van der Waals surface area contributed by atoms with Gasteiger partial charge in [0.25, 0.3) is 0 Å². The highest BCUT2D eigenvalue weighted by Crippen LogP contribution is 2.27. The number of nitrogens with one attached hydrogen (secondary N) is 4. The van der Waals surface area contributed by atoms with Crippen LogP contribution >= 0.6 is 11.8 Å². The first-order valence-electron chi connectivity index (χ1n) is 9.75. The lowest BCUT2D eigenvalue weighted by Gasteiger charge is -2.37. The van der Waals surface area contributed by atoms with Crippen molar-refractivity contribution in [3.63, 3.8) is 0 Å². The van der Waals surface area contributed by atoms with E-state index < -0.39 is 5.50 Å². The summed E-state index contributed by atoms with van der Waals surface area (Å²) in [5.74, 6) is -0.620. The van der Waals surface area contributed by atoms with Crippen molar-refractivity contribution in [2.75, 3.05) is 22.6 Å². The molecule has 0 spiro atoms. The van der Waals surface area contributed by atoms with Crippen LogP contribution in [-0.4, -0.2) is 35.8 Å². The van der Waals surface area contributed by atoms with Crippen molar-refractivity contribution in [2.24, 2.45) is 5.92 Å². The molecule has 7 nitrogen and oxygen atoms in total. The number of hydrogen-bond acceptors (Lipinski definition) is 6. The third-order valence-corrected chi connectivity index (χ3v) is 6.45. The Bertz CT molecular complexity index is 955. The molecule has 0 bridgehead atoms. The van der Waals surface area contributed by atoms with Crippen molar-refractivity contribution in [1.29, 1.82) is 0 Å². The maximum Gasteiger partial charge on any atom is 0.234 e. The van der Waals surface area contributed by atoms with Gasteiger partial charge in [0.15, 0.2) is 0 Å². The number of carbonyl (C=O) groups is 2. The van der Waals surface area contributed by atoms with E-state index in [9.17, 15) is 14.0 Å². The molecule has 4 N–H and O–H groups in total. The average molecular weight is 430 g/mol. The van der Waals surface area contributed by atoms with Gasteiger partial charge < -0.3 is 10.6 Å². The minimum Gasteiger partial charge on any atom is -0.331 e. The zero-order valence-electron chi connectivity index (χ0n) is 16.7. The van der Waals surface area contributed by atoms with Crippen molar-refractivity contribution in [3.05, 3.63) is 59.4 Å². The summed E-state index contributed by atoms with van der Waals surface area (Å²) in [6.07, 6.45) is -0.288. The van der Waals surface area contributed by atoms with Gasteiger partial charge in [0.05, 0.1) is 17.4 Å². The molecule has 0 aliphatic carbocycles. The highest BCUT2D eigenvalue weighted by molar-refractivity contribution is 8.00. The van der Waals surface area contributed by atoms with Crippen LogP contribution in [0.2, 0.25) is 0 Å². The summed E-state index contributed by atoms with van der Waals surface area (Å²) in [4.78, 5) is 25.0. The number of fused-ring (bicyclic) bond motifs is 1. The van der Waals surface area contributed by atoms with Crippen molar-refractivity contribution >= 4 is 35.0 Å². The molecule has 30 heavy (non-hydrogen) atoms. The summed E-state index contributed by atoms with van der Waals surface area (Å²) < 4.78 is 13.3. The fourth-order valence-corrected chi connectivity index (χ4v) is 4.45. The smallest absolute Gasteiger partial charge is 0.234 e. The van der Waals surface area contributed by atoms with E-state index >= 15 is 0 Å². The normalized spacial score (nSPS) is 23.1. The summed E-state index contributed by atoms with van der Waals surface area (Å²) >= 11 is 1.32. The quantitative estimate of drug-likeness (QED) is 0.583. The average Bonchev–Trinajstić information content (AvgIpc) is 3.15. The molecule has 0 saturated carbocycles. The predicted molar refractivity (Wildman–Crippen MR) is 116 cm³/mol. The van der Waals surface area contributed by atoms with Crippen molar-refractivity contribution in [3.8, 4) is 0 Å². The van der Waals surface area contributed by atoms with Crippen LogP contribution in [0.5, 0.6) is 0 Å². The molecule has 2 heterocycles. The molecule has 3 atom stereocenters. The molecule has 0 radical (unpaired) electrons. The first kappa shape index (κ1) is 20.6. The van der Waals surface area contributed by atoms with Crippen LogP contribution in [0.4, 0.5) is 15.8 Å². The Hall–Kier alpha value is -2.62. The summed E-state index contributed by atoms with van der Waals surface area (Å²) in [7, 11) is 0. The van der Waals surface area contributed by atoms with Crippen LogP contribution in [0.15, 0.2) is 42.5 Å². The van der Waals surface area contributed by atoms with Gasteiger partial charge in [-0.3, -0.25) is 19.9 Å². The van der Waals surface area contributed by atoms with E-state index in [1.165, 1.54) is 23.9 Å². The van der Waals surface area contributed by atoms with Gasteiger partial charge >= 0.3 is 0 Å². The Balaban J connectivity index is 1.37. The number of rotatable bonds is 5. The molecule has 2 fully saturated rings. The second-order valence-corrected chi connectivity index (χ2v) is 8.52. The largest absolute Gasteiger partial charge is 0.331 e. The van der Waals surface area contributed by atoms with Crippen molar-refractivity contribution < 1.29 is 14.0 Å². The van der Waals surface area contributed by atoms with E-state index in [4.69, 9.17) is 0 Å². The van der Waals surface area contributed by atoms with Crippen molar-refractivity contribution in [2.45, 2.75) is 25.5 Å². The number of nitrogens with zero attached hydrogens (tertiary/aromatic N) is 1. The number of carbonyl (C=O) groups excluding carboxylic acids is 2. The lowest BCUT2D eigenvalue weighted by Crippen LogP contribution is -2.63. The molecular formula is C21H24FN5O2S. The van der Waals surface area contributed by atoms with Gasteiger partial charge in [0.1, 0.15) is 17.5 Å². The number of halogens is 1. The number of amides is 2. The maximum absolute atomic E-state index is 13.3. The highest BCUT2D eigenvalue weighted by atomic mass is 32.2. The van der Waals surface area contributed by atoms with E-state index in [0.717, 1.165) is 22.5 Å². The molecule has 4 rings (SSSR count). The molecule has 158 valence electrons. The van der Waals surface area contributed by atoms with Crippen LogP contribution < -0.4 is 26.4 Å². The van der Waals surface area contributed by atoms with Gasteiger partial charge in [-0.15, -0.1) is 11.8 Å². The van der Waals surface area contributed by atoms with E-state index in [2.05, 4.69) is 21.4 Å². The van der Waals surface area contributed by atoms with Gasteiger partial charge in [-0.1, -0.05) is 12.1 Å². The topological polar surface area (TPSA) is 85.5 Å². The number of aryl methyl sites for hydroxylation is 1. The molecule has 2 aliphatic heterocycles. The number of hydrogen-bond donors (Lipinski definition) is 4. The third-order valence-electron chi connectivity index (χ3n) is 5.44. The Labute approximate surface area is 178 Å². The monoisotopic (exact) mass is 429 g/mol. The first-order chi connectivity index (χ1) is 14.4. The van der Waals surface area contributed by atoms with E-state index in [1.54, 1.807) is 12.1 Å². The molecule has 2 aromatic carbocycles. The number of hydrazine groups is 1. The standard InChI is InChI=1S/C21H24FN5O2S/c1-12-4-3-5-17(13(12)2)24-18(28)11-30-21-25-19-16(20(29)26-21)10-23-27(19)15-8-6-14(22)7-9-15/h3-9,16,19,21,23,25H,10-11H2,1-2H3,(H,24,28)(H,26,29). The zero-order chi connectivity index (χ0) is 21.3. The summed E-state index contributed by atoms with van der Waals surface area (Å²) in [5.41, 5.74) is 6.49. The van der Waals surface area contributed by atoms with Crippen molar-refractivity contribution in [1.82, 2.24) is 16.1 Å². The number of thioether (sulfide) groups is 1. The Morgan fingerprint density at radius 1 is 1.23 bits per heavy atom. The SMILES string of the molecule is Cc1cccc(NC(=O)CSC2NC(=O)C3CNN(c4ccc(F)cc4)C3N2)c1C. The fourth-order valence-electron chi connectivity index (χ4n) is 3.62. The minimum absolute atomic E-state index is 0.0803. The Morgan fingerprint density at radius 2 is 2.00 bits per heavy atom. The van der Waals surface area contributed by atoms with Crippen LogP contribution in [-0.2, 0) is 9.59 Å². The highest BCUT2D eigenvalue weighted by Gasteiger charge is 2.44. The Morgan fingerprint density at radius 3 is 2.77 bits per heavy atom. The lowest BCUT2D eigenvalue weighted by atomic mass is 10.1.